The molecule has 0 spiro atoms. The Kier molecular flexibility index (Phi) is 4.43. The second-order valence-electron chi connectivity index (χ2n) is 6.72. The van der Waals surface area contributed by atoms with Crippen LogP contribution in [0.5, 0.6) is 0 Å². The fourth-order valence-electron chi connectivity index (χ4n) is 2.93. The molecule has 9 heteroatoms. The number of carbonyl (C=O) groups excluding carboxylic acids is 1. The van der Waals surface area contributed by atoms with E-state index in [-0.39, 0.29) is 11.6 Å². The highest BCUT2D eigenvalue weighted by Gasteiger charge is 2.25. The molecule has 0 radical (unpaired) electrons. The van der Waals surface area contributed by atoms with Gasteiger partial charge in [-0.2, -0.15) is 0 Å². The molecule has 1 amide bonds. The number of fused-ring (bicyclic) bond motifs is 1. The molecule has 27 heavy (non-hydrogen) atoms. The van der Waals surface area contributed by atoms with Crippen molar-refractivity contribution in [2.24, 2.45) is 0 Å². The van der Waals surface area contributed by atoms with Crippen LogP contribution in [0.25, 0.3) is 5.65 Å². The molecule has 0 bridgehead atoms. The molecule has 0 aliphatic heterocycles. The Hall–Kier alpha value is -2.74. The first kappa shape index (κ1) is 17.7. The Bertz CT molecular complexity index is 1090. The monoisotopic (exact) mass is 389 g/mol. The fraction of sp³-hybridized carbons (Fsp3) is 0.333. The summed E-state index contributed by atoms with van der Waals surface area (Å²) < 4.78 is 16.0. The highest BCUT2D eigenvalue weighted by Crippen LogP contribution is 2.38. The summed E-state index contributed by atoms with van der Waals surface area (Å²) in [6, 6.07) is 5.69. The number of nitrogens with one attached hydrogen (secondary N) is 1. The molecule has 1 fully saturated rings. The van der Waals surface area contributed by atoms with Crippen LogP contribution >= 0.6 is 11.6 Å². The smallest absolute Gasteiger partial charge is 0.348 e. The molecule has 2 heterocycles. The Morgan fingerprint density at radius 3 is 2.89 bits per heavy atom. The predicted molar refractivity (Wildman–Crippen MR) is 97.2 cm³/mol. The lowest BCUT2D eigenvalue weighted by Crippen LogP contribution is -2.34. The maximum absolute atomic E-state index is 13.6. The number of benzene rings is 1. The number of nitrogens with zero attached hydrogens (tertiary/aromatic N) is 4. The number of carbonyl (C=O) groups is 1. The zero-order valence-corrected chi connectivity index (χ0v) is 15.3. The van der Waals surface area contributed by atoms with Gasteiger partial charge in [0.15, 0.2) is 5.65 Å². The Morgan fingerprint density at radius 1 is 1.41 bits per heavy atom. The van der Waals surface area contributed by atoms with Crippen molar-refractivity contribution in [1.29, 1.82) is 0 Å². The zero-order valence-electron chi connectivity index (χ0n) is 14.5. The normalized spacial score (nSPS) is 15.1. The van der Waals surface area contributed by atoms with Crippen molar-refractivity contribution < 1.29 is 9.18 Å². The van der Waals surface area contributed by atoms with Crippen LogP contribution in [0.1, 0.15) is 43.0 Å². The van der Waals surface area contributed by atoms with E-state index < -0.39 is 23.5 Å². The van der Waals surface area contributed by atoms with Crippen LogP contribution < -0.4 is 11.0 Å². The van der Waals surface area contributed by atoms with Crippen LogP contribution in [0.4, 0.5) is 4.39 Å². The molecule has 3 aromatic rings. The minimum atomic E-state index is -0.550. The first-order valence-corrected chi connectivity index (χ1v) is 8.99. The Morgan fingerprint density at radius 2 is 2.19 bits per heavy atom. The second-order valence-corrected chi connectivity index (χ2v) is 7.13. The van der Waals surface area contributed by atoms with Crippen LogP contribution in [0.15, 0.2) is 35.4 Å². The third-order valence-corrected chi connectivity index (χ3v) is 4.91. The Balaban J connectivity index is 1.49. The first-order chi connectivity index (χ1) is 12.9. The standard InChI is InChI=1S/C18H17ClFN5O2/c1-10(12-4-5-13(19)14(20)6-12)22-17(26)8-25-18(27)24-9-21-15(11-2-3-11)7-16(24)23-25/h4-7,9-11H,2-3,8H2,1H3,(H,22,26)/t10-/m0/s1. The third kappa shape index (κ3) is 3.57. The van der Waals surface area contributed by atoms with Gasteiger partial charge in [0.25, 0.3) is 0 Å². The van der Waals surface area contributed by atoms with E-state index in [0.29, 0.717) is 17.1 Å². The molecule has 1 aromatic carbocycles. The van der Waals surface area contributed by atoms with E-state index in [1.807, 2.05) is 0 Å². The van der Waals surface area contributed by atoms with Gasteiger partial charge in [-0.1, -0.05) is 17.7 Å². The number of amides is 1. The van der Waals surface area contributed by atoms with Gasteiger partial charge in [0.1, 0.15) is 18.7 Å². The molecule has 1 aliphatic rings. The molecule has 4 rings (SSSR count). The summed E-state index contributed by atoms with van der Waals surface area (Å²) in [5.41, 5.74) is 1.53. The largest absolute Gasteiger partial charge is 0.352 e. The molecule has 0 unspecified atom stereocenters. The van der Waals surface area contributed by atoms with Gasteiger partial charge in [-0.15, -0.1) is 5.10 Å². The van der Waals surface area contributed by atoms with E-state index in [4.69, 9.17) is 11.6 Å². The number of hydrogen-bond donors (Lipinski definition) is 1. The van der Waals surface area contributed by atoms with Gasteiger partial charge < -0.3 is 5.32 Å². The predicted octanol–water partition coefficient (Wildman–Crippen LogP) is 2.44. The summed E-state index contributed by atoms with van der Waals surface area (Å²) in [5.74, 6) is -0.510. The minimum Gasteiger partial charge on any atom is -0.348 e. The lowest BCUT2D eigenvalue weighted by molar-refractivity contribution is -0.122. The lowest BCUT2D eigenvalue weighted by Gasteiger charge is -2.14. The summed E-state index contributed by atoms with van der Waals surface area (Å²) in [5, 5.41) is 6.97. The quantitative estimate of drug-likeness (QED) is 0.726. The summed E-state index contributed by atoms with van der Waals surface area (Å²) in [6.07, 6.45) is 3.64. The number of aromatic nitrogens is 4. The molecular formula is C18H17ClFN5O2. The van der Waals surface area contributed by atoms with Crippen molar-refractivity contribution >= 4 is 23.2 Å². The van der Waals surface area contributed by atoms with E-state index in [9.17, 15) is 14.0 Å². The average Bonchev–Trinajstić information content (AvgIpc) is 3.43. The van der Waals surface area contributed by atoms with E-state index in [0.717, 1.165) is 23.2 Å². The van der Waals surface area contributed by atoms with Crippen LogP contribution in [0, 0.1) is 5.82 Å². The van der Waals surface area contributed by atoms with E-state index in [2.05, 4.69) is 15.4 Å². The van der Waals surface area contributed by atoms with Gasteiger partial charge in [-0.25, -0.2) is 23.3 Å². The first-order valence-electron chi connectivity index (χ1n) is 8.62. The maximum Gasteiger partial charge on any atom is 0.352 e. The number of halogens is 2. The van der Waals surface area contributed by atoms with Crippen molar-refractivity contribution in [2.45, 2.75) is 38.3 Å². The third-order valence-electron chi connectivity index (χ3n) is 4.61. The maximum atomic E-state index is 13.6. The molecule has 140 valence electrons. The summed E-state index contributed by atoms with van der Waals surface area (Å²) in [6.45, 7) is 1.48. The van der Waals surface area contributed by atoms with Gasteiger partial charge in [0, 0.05) is 17.7 Å². The minimum absolute atomic E-state index is 0.0210. The highest BCUT2D eigenvalue weighted by atomic mass is 35.5. The van der Waals surface area contributed by atoms with E-state index in [1.54, 1.807) is 19.1 Å². The highest BCUT2D eigenvalue weighted by molar-refractivity contribution is 6.30. The number of rotatable bonds is 5. The van der Waals surface area contributed by atoms with Crippen molar-refractivity contribution in [3.63, 3.8) is 0 Å². The molecule has 7 nitrogen and oxygen atoms in total. The van der Waals surface area contributed by atoms with Gasteiger partial charge >= 0.3 is 5.69 Å². The van der Waals surface area contributed by atoms with Gasteiger partial charge in [-0.3, -0.25) is 4.79 Å². The van der Waals surface area contributed by atoms with Crippen molar-refractivity contribution in [3.8, 4) is 0 Å². The number of hydrogen-bond acceptors (Lipinski definition) is 4. The summed E-state index contributed by atoms with van der Waals surface area (Å²) >= 11 is 5.67. The molecule has 1 aliphatic carbocycles. The molecule has 1 saturated carbocycles. The van der Waals surface area contributed by atoms with Crippen molar-refractivity contribution in [2.75, 3.05) is 0 Å². The second kappa shape index (κ2) is 6.77. The van der Waals surface area contributed by atoms with Gasteiger partial charge in [0.2, 0.25) is 5.91 Å². The molecule has 1 atom stereocenters. The van der Waals surface area contributed by atoms with Crippen LogP contribution in [-0.2, 0) is 11.3 Å². The Labute approximate surface area is 158 Å². The fourth-order valence-corrected chi connectivity index (χ4v) is 3.05. The van der Waals surface area contributed by atoms with Gasteiger partial charge in [-0.05, 0) is 37.5 Å². The molecule has 0 saturated heterocycles. The molecular weight excluding hydrogens is 373 g/mol. The summed E-state index contributed by atoms with van der Waals surface area (Å²) in [7, 11) is 0. The SMILES string of the molecule is C[C@H](NC(=O)Cn1nc2cc(C3CC3)ncn2c1=O)c1ccc(Cl)c(F)c1. The van der Waals surface area contributed by atoms with Gasteiger partial charge in [0.05, 0.1) is 11.1 Å². The molecule has 2 aromatic heterocycles. The summed E-state index contributed by atoms with van der Waals surface area (Å²) in [4.78, 5) is 29.0. The van der Waals surface area contributed by atoms with Crippen LogP contribution in [0.2, 0.25) is 5.02 Å². The lowest BCUT2D eigenvalue weighted by atomic mass is 10.1. The zero-order chi connectivity index (χ0) is 19.1. The van der Waals surface area contributed by atoms with E-state index in [1.165, 1.54) is 22.9 Å². The average molecular weight is 390 g/mol. The topological polar surface area (TPSA) is 81.3 Å². The molecule has 1 N–H and O–H groups in total. The van der Waals surface area contributed by atoms with E-state index >= 15 is 0 Å². The van der Waals surface area contributed by atoms with Crippen LogP contribution in [-0.4, -0.2) is 25.1 Å². The van der Waals surface area contributed by atoms with Crippen LogP contribution in [0.3, 0.4) is 0 Å². The van der Waals surface area contributed by atoms with Crippen molar-refractivity contribution in [1.82, 2.24) is 24.5 Å². The van der Waals surface area contributed by atoms with Crippen molar-refractivity contribution in [3.05, 3.63) is 63.2 Å².